The zero-order chi connectivity index (χ0) is 16.3. The highest BCUT2D eigenvalue weighted by molar-refractivity contribution is 5.97. The quantitative estimate of drug-likeness (QED) is 0.917. The number of aryl methyl sites for hydroxylation is 1. The third-order valence-electron chi connectivity index (χ3n) is 3.28. The molecule has 1 amide bonds. The molecule has 0 saturated carbocycles. The second-order valence-electron chi connectivity index (χ2n) is 5.23. The lowest BCUT2D eigenvalue weighted by atomic mass is 10.1. The predicted molar refractivity (Wildman–Crippen MR) is 80.5 cm³/mol. The predicted octanol–water partition coefficient (Wildman–Crippen LogP) is 2.59. The number of furan rings is 1. The number of carbonyl (C=O) groups is 2. The van der Waals surface area contributed by atoms with E-state index in [1.54, 1.807) is 51.3 Å². The molecule has 2 heterocycles. The number of carboxylic acids is 1. The first kappa shape index (κ1) is 15.8. The van der Waals surface area contributed by atoms with Crippen LogP contribution in [0.5, 0.6) is 0 Å². The molecule has 0 aliphatic rings. The number of hydrogen-bond acceptors (Lipinski definition) is 4. The normalized spacial score (nSPS) is 10.7. The molecule has 0 spiro atoms. The van der Waals surface area contributed by atoms with E-state index in [1.165, 1.54) is 4.90 Å². The number of amides is 1. The number of carbonyl (C=O) groups excluding carboxylic acids is 1. The molecule has 6 nitrogen and oxygen atoms in total. The number of rotatable bonds is 5. The highest BCUT2D eigenvalue weighted by Gasteiger charge is 2.23. The summed E-state index contributed by atoms with van der Waals surface area (Å²) < 4.78 is 5.28. The Balaban J connectivity index is 2.31. The van der Waals surface area contributed by atoms with Crippen molar-refractivity contribution >= 4 is 11.9 Å². The van der Waals surface area contributed by atoms with Gasteiger partial charge in [-0.3, -0.25) is 9.59 Å². The molecule has 0 aromatic carbocycles. The van der Waals surface area contributed by atoms with Gasteiger partial charge >= 0.3 is 5.97 Å². The van der Waals surface area contributed by atoms with Gasteiger partial charge in [0.05, 0.1) is 17.5 Å². The summed E-state index contributed by atoms with van der Waals surface area (Å²) in [5.74, 6) is -0.762. The van der Waals surface area contributed by atoms with Crippen LogP contribution in [0.25, 0.3) is 11.5 Å². The fourth-order valence-corrected chi connectivity index (χ4v) is 2.14. The minimum Gasteiger partial charge on any atom is -0.480 e. The van der Waals surface area contributed by atoms with Crippen molar-refractivity contribution in [3.05, 3.63) is 41.8 Å². The molecule has 2 aromatic rings. The highest BCUT2D eigenvalue weighted by Crippen LogP contribution is 2.20. The van der Waals surface area contributed by atoms with Crippen molar-refractivity contribution in [2.45, 2.75) is 26.8 Å². The molecule has 116 valence electrons. The van der Waals surface area contributed by atoms with Crippen molar-refractivity contribution in [1.29, 1.82) is 0 Å². The van der Waals surface area contributed by atoms with Crippen molar-refractivity contribution in [3.63, 3.8) is 0 Å². The van der Waals surface area contributed by atoms with Crippen LogP contribution >= 0.6 is 0 Å². The van der Waals surface area contributed by atoms with Crippen LogP contribution in [0.2, 0.25) is 0 Å². The Morgan fingerprint density at radius 3 is 2.55 bits per heavy atom. The van der Waals surface area contributed by atoms with E-state index in [9.17, 15) is 9.59 Å². The molecule has 2 rings (SSSR count). The highest BCUT2D eigenvalue weighted by atomic mass is 16.4. The van der Waals surface area contributed by atoms with Crippen LogP contribution in [0.1, 0.15) is 29.9 Å². The molecular weight excluding hydrogens is 284 g/mol. The minimum absolute atomic E-state index is 0.215. The van der Waals surface area contributed by atoms with E-state index in [4.69, 9.17) is 9.52 Å². The SMILES string of the molecule is Cc1nc(-c2ccco2)ccc1C(=O)N(CC(=O)O)C(C)C. The van der Waals surface area contributed by atoms with Crippen LogP contribution in [0.3, 0.4) is 0 Å². The molecule has 1 N–H and O–H groups in total. The summed E-state index contributed by atoms with van der Waals surface area (Å²) in [6.07, 6.45) is 1.55. The summed E-state index contributed by atoms with van der Waals surface area (Å²) in [5, 5.41) is 8.95. The Morgan fingerprint density at radius 1 is 1.32 bits per heavy atom. The molecule has 0 radical (unpaired) electrons. The van der Waals surface area contributed by atoms with E-state index in [-0.39, 0.29) is 18.5 Å². The van der Waals surface area contributed by atoms with Gasteiger partial charge in [0, 0.05) is 6.04 Å². The number of hydrogen-bond donors (Lipinski definition) is 1. The summed E-state index contributed by atoms with van der Waals surface area (Å²) >= 11 is 0. The zero-order valence-corrected chi connectivity index (χ0v) is 12.7. The molecule has 22 heavy (non-hydrogen) atoms. The van der Waals surface area contributed by atoms with Gasteiger partial charge in [-0.25, -0.2) is 4.98 Å². The molecule has 6 heteroatoms. The van der Waals surface area contributed by atoms with Crippen LogP contribution in [0, 0.1) is 6.92 Å². The lowest BCUT2D eigenvalue weighted by molar-refractivity contribution is -0.138. The van der Waals surface area contributed by atoms with E-state index >= 15 is 0 Å². The second kappa shape index (κ2) is 6.43. The fourth-order valence-electron chi connectivity index (χ4n) is 2.14. The van der Waals surface area contributed by atoms with E-state index in [1.807, 2.05) is 0 Å². The molecule has 0 aliphatic carbocycles. The largest absolute Gasteiger partial charge is 0.480 e. The van der Waals surface area contributed by atoms with Crippen molar-refractivity contribution < 1.29 is 19.1 Å². The molecule has 0 atom stereocenters. The fraction of sp³-hybridized carbons (Fsp3) is 0.312. The van der Waals surface area contributed by atoms with Gasteiger partial charge in [0.15, 0.2) is 5.76 Å². The lowest BCUT2D eigenvalue weighted by Crippen LogP contribution is -2.41. The van der Waals surface area contributed by atoms with E-state index < -0.39 is 5.97 Å². The van der Waals surface area contributed by atoms with Crippen molar-refractivity contribution in [2.24, 2.45) is 0 Å². The summed E-state index contributed by atoms with van der Waals surface area (Å²) in [7, 11) is 0. The number of nitrogens with zero attached hydrogens (tertiary/aromatic N) is 2. The van der Waals surface area contributed by atoms with Crippen molar-refractivity contribution in [1.82, 2.24) is 9.88 Å². The van der Waals surface area contributed by atoms with Crippen LogP contribution in [0.4, 0.5) is 0 Å². The van der Waals surface area contributed by atoms with Gasteiger partial charge in [-0.1, -0.05) is 0 Å². The van der Waals surface area contributed by atoms with Gasteiger partial charge in [-0.15, -0.1) is 0 Å². The number of carboxylic acid groups (broad SMARTS) is 1. The Bertz CT molecular complexity index is 677. The average molecular weight is 302 g/mol. The van der Waals surface area contributed by atoms with Crippen LogP contribution in [-0.4, -0.2) is 39.5 Å². The van der Waals surface area contributed by atoms with Gasteiger partial charge in [0.25, 0.3) is 5.91 Å². The van der Waals surface area contributed by atoms with Gasteiger partial charge in [0.2, 0.25) is 0 Å². The van der Waals surface area contributed by atoms with Gasteiger partial charge in [-0.05, 0) is 45.0 Å². The Hall–Kier alpha value is -2.63. The van der Waals surface area contributed by atoms with Crippen LogP contribution < -0.4 is 0 Å². The molecule has 0 bridgehead atoms. The van der Waals surface area contributed by atoms with Crippen LogP contribution in [-0.2, 0) is 4.79 Å². The average Bonchev–Trinajstić information content (AvgIpc) is 2.97. The standard InChI is InChI=1S/C16H18N2O4/c1-10(2)18(9-15(19)20)16(21)12-6-7-13(17-11(12)3)14-5-4-8-22-14/h4-8,10H,9H2,1-3H3,(H,19,20). The molecule has 0 aliphatic heterocycles. The maximum absolute atomic E-state index is 12.5. The van der Waals surface area contributed by atoms with Crippen LogP contribution in [0.15, 0.2) is 34.9 Å². The summed E-state index contributed by atoms with van der Waals surface area (Å²) in [6, 6.07) is 6.68. The van der Waals surface area contributed by atoms with Gasteiger partial charge < -0.3 is 14.4 Å². The summed E-state index contributed by atoms with van der Waals surface area (Å²) in [6.45, 7) is 4.94. The molecular formula is C16H18N2O4. The summed E-state index contributed by atoms with van der Waals surface area (Å²) in [5.41, 5.74) is 1.56. The van der Waals surface area contributed by atoms with E-state index in [2.05, 4.69) is 4.98 Å². The third kappa shape index (κ3) is 3.33. The van der Waals surface area contributed by atoms with Crippen molar-refractivity contribution in [2.75, 3.05) is 6.54 Å². The minimum atomic E-state index is -1.04. The summed E-state index contributed by atoms with van der Waals surface area (Å²) in [4.78, 5) is 29.1. The number of aliphatic carboxylic acids is 1. The first-order valence-electron chi connectivity index (χ1n) is 6.94. The van der Waals surface area contributed by atoms with Crippen molar-refractivity contribution in [3.8, 4) is 11.5 Å². The van der Waals surface area contributed by atoms with Gasteiger partial charge in [-0.2, -0.15) is 0 Å². The smallest absolute Gasteiger partial charge is 0.323 e. The maximum atomic E-state index is 12.5. The first-order valence-corrected chi connectivity index (χ1v) is 6.94. The molecule has 0 saturated heterocycles. The lowest BCUT2D eigenvalue weighted by Gasteiger charge is -2.25. The molecule has 2 aromatic heterocycles. The Kier molecular flexibility index (Phi) is 4.60. The maximum Gasteiger partial charge on any atom is 0.323 e. The van der Waals surface area contributed by atoms with E-state index in [0.717, 1.165) is 0 Å². The molecule has 0 fully saturated rings. The number of aromatic nitrogens is 1. The van der Waals surface area contributed by atoms with E-state index in [0.29, 0.717) is 22.7 Å². The Labute approximate surface area is 128 Å². The first-order chi connectivity index (χ1) is 10.4. The molecule has 0 unspecified atom stereocenters. The third-order valence-corrected chi connectivity index (χ3v) is 3.28. The topological polar surface area (TPSA) is 83.6 Å². The van der Waals surface area contributed by atoms with Gasteiger partial charge in [0.1, 0.15) is 12.2 Å². The number of pyridine rings is 1. The Morgan fingerprint density at radius 2 is 2.05 bits per heavy atom. The monoisotopic (exact) mass is 302 g/mol. The second-order valence-corrected chi connectivity index (χ2v) is 5.23. The zero-order valence-electron chi connectivity index (χ0n) is 12.7.